The number of benzene rings is 2. The summed E-state index contributed by atoms with van der Waals surface area (Å²) >= 11 is 0. The third-order valence-corrected chi connectivity index (χ3v) is 7.61. The van der Waals surface area contributed by atoms with Crippen LogP contribution in [0, 0.1) is 5.82 Å². The van der Waals surface area contributed by atoms with Gasteiger partial charge in [-0.25, -0.2) is 12.8 Å². The molecule has 1 fully saturated rings. The normalized spacial score (nSPS) is 16.9. The summed E-state index contributed by atoms with van der Waals surface area (Å²) in [6.07, 6.45) is 0.194. The third-order valence-electron chi connectivity index (χ3n) is 5.73. The third kappa shape index (κ3) is 5.48. The van der Waals surface area contributed by atoms with Crippen LogP contribution in [0.25, 0.3) is 10.9 Å². The van der Waals surface area contributed by atoms with Gasteiger partial charge < -0.3 is 9.47 Å². The standard InChI is InChI=1S/C25H30FN3O5S/c1-16(2)33-20-6-8-21(9-7-20)35(31,32)28-12-11-19(15-28)29-24-13-18(26)5-10-22(24)23(27-29)14-25(30)34-17(3)4/h5-10,13,16-17,19H,11-12,14-15H2,1-4H3/t19-/m1/s1. The van der Waals surface area contributed by atoms with Gasteiger partial charge in [0, 0.05) is 18.5 Å². The fourth-order valence-corrected chi connectivity index (χ4v) is 5.76. The first kappa shape index (κ1) is 25.1. The highest BCUT2D eigenvalue weighted by Crippen LogP contribution is 2.32. The van der Waals surface area contributed by atoms with Gasteiger partial charge in [-0.2, -0.15) is 9.40 Å². The number of fused-ring (bicyclic) bond motifs is 1. The second kappa shape index (κ2) is 9.94. The molecule has 0 N–H and O–H groups in total. The number of halogens is 1. The molecule has 0 saturated carbocycles. The maximum atomic E-state index is 14.1. The Kier molecular flexibility index (Phi) is 7.14. The molecule has 0 unspecified atom stereocenters. The molecule has 4 rings (SSSR count). The summed E-state index contributed by atoms with van der Waals surface area (Å²) in [5, 5.41) is 5.25. The highest BCUT2D eigenvalue weighted by Gasteiger charge is 2.35. The minimum atomic E-state index is -3.72. The van der Waals surface area contributed by atoms with Crippen LogP contribution in [0.2, 0.25) is 0 Å². The Morgan fingerprint density at radius 1 is 1.11 bits per heavy atom. The van der Waals surface area contributed by atoms with Crippen molar-refractivity contribution in [3.8, 4) is 5.75 Å². The number of sulfonamides is 1. The Morgan fingerprint density at radius 2 is 1.83 bits per heavy atom. The van der Waals surface area contributed by atoms with Gasteiger partial charge >= 0.3 is 5.97 Å². The lowest BCUT2D eigenvalue weighted by Gasteiger charge is -2.18. The van der Waals surface area contributed by atoms with Crippen molar-refractivity contribution in [2.45, 2.75) is 63.7 Å². The molecule has 35 heavy (non-hydrogen) atoms. The van der Waals surface area contributed by atoms with E-state index in [-0.39, 0.29) is 36.1 Å². The monoisotopic (exact) mass is 503 g/mol. The second-order valence-corrected chi connectivity index (χ2v) is 11.1. The van der Waals surface area contributed by atoms with Gasteiger partial charge in [0.25, 0.3) is 0 Å². The molecule has 1 aliphatic heterocycles. The summed E-state index contributed by atoms with van der Waals surface area (Å²) in [4.78, 5) is 12.4. The predicted octanol–water partition coefficient (Wildman–Crippen LogP) is 4.09. The van der Waals surface area contributed by atoms with Gasteiger partial charge in [-0.3, -0.25) is 9.48 Å². The summed E-state index contributed by atoms with van der Waals surface area (Å²) in [6, 6.07) is 10.4. The van der Waals surface area contributed by atoms with E-state index in [0.29, 0.717) is 35.3 Å². The van der Waals surface area contributed by atoms with E-state index in [1.807, 2.05) is 13.8 Å². The number of ether oxygens (including phenoxy) is 2. The lowest BCUT2D eigenvalue weighted by molar-refractivity contribution is -0.146. The number of carbonyl (C=O) groups excluding carboxylic acids is 1. The molecule has 10 heteroatoms. The first-order valence-electron chi connectivity index (χ1n) is 11.7. The minimum Gasteiger partial charge on any atom is -0.491 e. The molecule has 1 aliphatic rings. The lowest BCUT2D eigenvalue weighted by atomic mass is 10.1. The molecule has 2 aromatic carbocycles. The molecule has 1 saturated heterocycles. The number of esters is 1. The Bertz CT molecular complexity index is 1320. The molecule has 8 nitrogen and oxygen atoms in total. The van der Waals surface area contributed by atoms with Crippen molar-refractivity contribution in [1.82, 2.24) is 14.1 Å². The number of rotatable bonds is 8. The van der Waals surface area contributed by atoms with Crippen LogP contribution >= 0.6 is 0 Å². The van der Waals surface area contributed by atoms with E-state index in [9.17, 15) is 17.6 Å². The van der Waals surface area contributed by atoms with Crippen LogP contribution in [-0.4, -0.2) is 53.8 Å². The van der Waals surface area contributed by atoms with Crippen LogP contribution in [0.5, 0.6) is 5.75 Å². The molecular weight excluding hydrogens is 473 g/mol. The van der Waals surface area contributed by atoms with Crippen molar-refractivity contribution < 1.29 is 27.1 Å². The zero-order chi connectivity index (χ0) is 25.3. The van der Waals surface area contributed by atoms with E-state index in [2.05, 4.69) is 5.10 Å². The van der Waals surface area contributed by atoms with Crippen LogP contribution in [0.3, 0.4) is 0 Å². The van der Waals surface area contributed by atoms with E-state index in [0.717, 1.165) is 0 Å². The molecule has 1 aromatic heterocycles. The summed E-state index contributed by atoms with van der Waals surface area (Å²) in [5.74, 6) is -0.246. The summed E-state index contributed by atoms with van der Waals surface area (Å²) < 4.78 is 54.5. The molecule has 0 spiro atoms. The second-order valence-electron chi connectivity index (χ2n) is 9.21. The van der Waals surface area contributed by atoms with Crippen LogP contribution in [0.4, 0.5) is 4.39 Å². The van der Waals surface area contributed by atoms with Crippen molar-refractivity contribution >= 4 is 26.9 Å². The van der Waals surface area contributed by atoms with E-state index in [1.165, 1.54) is 28.6 Å². The average Bonchev–Trinajstić information content (AvgIpc) is 3.39. The number of carbonyl (C=O) groups is 1. The molecule has 3 aromatic rings. The molecule has 0 amide bonds. The van der Waals surface area contributed by atoms with Gasteiger partial charge in [-0.05, 0) is 76.6 Å². The Morgan fingerprint density at radius 3 is 2.49 bits per heavy atom. The van der Waals surface area contributed by atoms with Gasteiger partial charge in [0.05, 0.1) is 40.8 Å². The molecule has 0 radical (unpaired) electrons. The Balaban J connectivity index is 1.58. The highest BCUT2D eigenvalue weighted by atomic mass is 32.2. The first-order chi connectivity index (χ1) is 16.5. The predicted molar refractivity (Wildman–Crippen MR) is 129 cm³/mol. The molecule has 188 valence electrons. The quantitative estimate of drug-likeness (QED) is 0.430. The topological polar surface area (TPSA) is 90.7 Å². The average molecular weight is 504 g/mol. The van der Waals surface area contributed by atoms with Gasteiger partial charge in [0.15, 0.2) is 0 Å². The van der Waals surface area contributed by atoms with E-state index in [4.69, 9.17) is 9.47 Å². The maximum Gasteiger partial charge on any atom is 0.312 e. The largest absolute Gasteiger partial charge is 0.491 e. The molecule has 0 aliphatic carbocycles. The maximum absolute atomic E-state index is 14.1. The van der Waals surface area contributed by atoms with Crippen molar-refractivity contribution in [2.24, 2.45) is 0 Å². The van der Waals surface area contributed by atoms with Crippen molar-refractivity contribution in [2.75, 3.05) is 13.1 Å². The number of nitrogens with zero attached hydrogens (tertiary/aromatic N) is 3. The zero-order valence-corrected chi connectivity index (χ0v) is 21.1. The van der Waals surface area contributed by atoms with Gasteiger partial charge in [0.1, 0.15) is 11.6 Å². The molecule has 2 heterocycles. The summed E-state index contributed by atoms with van der Waals surface area (Å²) in [6.45, 7) is 7.83. The fourth-order valence-electron chi connectivity index (χ4n) is 4.27. The number of hydrogen-bond donors (Lipinski definition) is 0. The van der Waals surface area contributed by atoms with Crippen LogP contribution in [-0.2, 0) is 26.0 Å². The summed E-state index contributed by atoms with van der Waals surface area (Å²) in [7, 11) is -3.72. The smallest absolute Gasteiger partial charge is 0.312 e. The number of hydrogen-bond acceptors (Lipinski definition) is 6. The lowest BCUT2D eigenvalue weighted by Crippen LogP contribution is -2.29. The van der Waals surface area contributed by atoms with Gasteiger partial charge in [0.2, 0.25) is 10.0 Å². The van der Waals surface area contributed by atoms with Gasteiger partial charge in [-0.15, -0.1) is 0 Å². The first-order valence-corrected chi connectivity index (χ1v) is 13.1. The molecule has 0 bridgehead atoms. The van der Waals surface area contributed by atoms with Crippen molar-refractivity contribution in [1.29, 1.82) is 0 Å². The fraction of sp³-hybridized carbons (Fsp3) is 0.440. The highest BCUT2D eigenvalue weighted by molar-refractivity contribution is 7.89. The summed E-state index contributed by atoms with van der Waals surface area (Å²) in [5.41, 5.74) is 1.00. The van der Waals surface area contributed by atoms with E-state index >= 15 is 0 Å². The minimum absolute atomic E-state index is 0.0114. The molecule has 1 atom stereocenters. The van der Waals surface area contributed by atoms with Crippen molar-refractivity contribution in [3.63, 3.8) is 0 Å². The van der Waals surface area contributed by atoms with E-state index < -0.39 is 21.8 Å². The Hall–Kier alpha value is -2.98. The molecular formula is C25H30FN3O5S. The van der Waals surface area contributed by atoms with Crippen molar-refractivity contribution in [3.05, 3.63) is 54.0 Å². The van der Waals surface area contributed by atoms with Gasteiger partial charge in [-0.1, -0.05) is 0 Å². The van der Waals surface area contributed by atoms with Crippen LogP contribution in [0.15, 0.2) is 47.4 Å². The SMILES string of the molecule is CC(C)OC(=O)Cc1nn([C@@H]2CCN(S(=O)(=O)c3ccc(OC(C)C)cc3)C2)c2cc(F)ccc12. The zero-order valence-electron chi connectivity index (χ0n) is 20.3. The number of aromatic nitrogens is 2. The Labute approximate surface area is 204 Å². The van der Waals surface area contributed by atoms with Crippen LogP contribution < -0.4 is 4.74 Å². The van der Waals surface area contributed by atoms with E-state index in [1.54, 1.807) is 36.7 Å². The van der Waals surface area contributed by atoms with Crippen LogP contribution in [0.1, 0.15) is 45.9 Å².